The first-order chi connectivity index (χ1) is 13.6. The lowest BCUT2D eigenvalue weighted by atomic mass is 10.0. The van der Waals surface area contributed by atoms with Crippen LogP contribution in [0.5, 0.6) is 0 Å². The number of likely N-dealkylation sites (N-methyl/N-ethyl adjacent to an activating group) is 1. The lowest BCUT2D eigenvalue weighted by Crippen LogP contribution is -2.28. The van der Waals surface area contributed by atoms with E-state index >= 15 is 0 Å². The van der Waals surface area contributed by atoms with Crippen molar-refractivity contribution in [2.75, 3.05) is 27.1 Å². The van der Waals surface area contributed by atoms with Crippen LogP contribution in [0.4, 0.5) is 4.79 Å². The van der Waals surface area contributed by atoms with Gasteiger partial charge in [0.05, 0.1) is 8.78 Å². The molecule has 2 N–H and O–H groups in total. The number of carbonyl (C=O) groups is 1. The molecule has 0 saturated carbocycles. The summed E-state index contributed by atoms with van der Waals surface area (Å²) in [5, 5.41) is 2.71. The van der Waals surface area contributed by atoms with Crippen LogP contribution in [0.25, 0.3) is 10.9 Å². The van der Waals surface area contributed by atoms with Crippen LogP contribution in [0, 0.1) is 0 Å². The number of nitrogens with one attached hydrogen (secondary N) is 2. The first kappa shape index (κ1) is 6.83. The third-order valence-electron chi connectivity index (χ3n) is 3.13. The van der Waals surface area contributed by atoms with Crippen LogP contribution in [0.15, 0.2) is 24.4 Å². The number of amides is 1. The fourth-order valence-corrected chi connectivity index (χ4v) is 2.20. The summed E-state index contributed by atoms with van der Waals surface area (Å²) in [6.45, 7) is -7.92. The summed E-state index contributed by atoms with van der Waals surface area (Å²) in [5.41, 5.74) is 0.985. The van der Waals surface area contributed by atoms with Crippen molar-refractivity contribution >= 4 is 17.0 Å². The van der Waals surface area contributed by atoms with Gasteiger partial charge in [0.1, 0.15) is 6.56 Å². The second-order valence-corrected chi connectivity index (χ2v) is 4.79. The molecule has 0 unspecified atom stereocenters. The molecule has 1 aromatic heterocycles. The quantitative estimate of drug-likeness (QED) is 0.886. The Morgan fingerprint density at radius 1 is 1.62 bits per heavy atom. The molecule has 21 heavy (non-hydrogen) atoms. The number of H-pyrrole nitrogens is 1. The zero-order valence-electron chi connectivity index (χ0n) is 20.4. The lowest BCUT2D eigenvalue weighted by molar-refractivity contribution is 0.177. The Bertz CT molecular complexity index is 971. The van der Waals surface area contributed by atoms with E-state index in [0.29, 0.717) is 21.4 Å². The summed E-state index contributed by atoms with van der Waals surface area (Å²) in [5.74, 6) is 0. The number of hydrogen-bond acceptors (Lipinski definition) is 3. The van der Waals surface area contributed by atoms with Crippen molar-refractivity contribution in [3.63, 3.8) is 0 Å². The molecular weight excluding hydrogens is 266 g/mol. The molecular formula is C16H21N3O2. The van der Waals surface area contributed by atoms with Crippen molar-refractivity contribution in [1.82, 2.24) is 15.2 Å². The van der Waals surface area contributed by atoms with Gasteiger partial charge in [-0.2, -0.15) is 0 Å². The molecule has 1 aromatic carbocycles. The summed E-state index contributed by atoms with van der Waals surface area (Å²) >= 11 is 0. The van der Waals surface area contributed by atoms with E-state index in [1.165, 1.54) is 6.20 Å². The minimum absolute atomic E-state index is 0.0599. The van der Waals surface area contributed by atoms with Gasteiger partial charge in [0.2, 0.25) is 0 Å². The predicted molar refractivity (Wildman–Crippen MR) is 82.5 cm³/mol. The van der Waals surface area contributed by atoms with Crippen molar-refractivity contribution in [2.45, 2.75) is 18.8 Å². The standard InChI is InChI=1S/C16H21N3O2/c1-19(2)6-5-12-9-17-15-4-3-11(8-14(12)15)7-13-10-21-16(20)18-13/h3-4,8-9,13,17H,5-7,10H2,1-2H3,(H,18,20)/t13-/m0/s1/i1D3,5D2,6D2,10D2. The molecule has 3 rings (SSSR count). The van der Waals surface area contributed by atoms with Crippen LogP contribution in [0.2, 0.25) is 0 Å². The largest absolute Gasteiger partial charge is 0.447 e. The number of aromatic amines is 1. The van der Waals surface area contributed by atoms with Gasteiger partial charge >= 0.3 is 6.09 Å². The average molecular weight is 296 g/mol. The van der Waals surface area contributed by atoms with Gasteiger partial charge < -0.3 is 19.9 Å². The van der Waals surface area contributed by atoms with Gasteiger partial charge in [-0.3, -0.25) is 0 Å². The molecule has 1 aliphatic heterocycles. The second kappa shape index (κ2) is 5.77. The molecule has 5 heteroatoms. The Balaban J connectivity index is 1.99. The molecule has 1 amide bonds. The maximum absolute atomic E-state index is 11.4. The van der Waals surface area contributed by atoms with Gasteiger partial charge in [-0.25, -0.2) is 4.79 Å². The minimum Gasteiger partial charge on any atom is -0.447 e. The first-order valence-electron chi connectivity index (χ1n) is 10.9. The Hall–Kier alpha value is -2.01. The van der Waals surface area contributed by atoms with Crippen molar-refractivity contribution in [1.29, 1.82) is 0 Å². The number of rotatable bonds is 5. The Morgan fingerprint density at radius 3 is 3.29 bits per heavy atom. The highest BCUT2D eigenvalue weighted by atomic mass is 16.6. The fraction of sp³-hybridized carbons (Fsp3) is 0.438. The number of cyclic esters (lactones) is 1. The molecule has 1 atom stereocenters. The van der Waals surface area contributed by atoms with Gasteiger partial charge in [0, 0.05) is 33.2 Å². The molecule has 0 bridgehead atoms. The van der Waals surface area contributed by atoms with Crippen LogP contribution >= 0.6 is 0 Å². The van der Waals surface area contributed by atoms with Gasteiger partial charge in [-0.05, 0) is 50.1 Å². The van der Waals surface area contributed by atoms with Crippen molar-refractivity contribution in [3.05, 3.63) is 35.5 Å². The number of nitrogens with zero attached hydrogens (tertiary/aromatic N) is 1. The van der Waals surface area contributed by atoms with Gasteiger partial charge in [0.15, 0.2) is 0 Å². The average Bonchev–Trinajstić information content (AvgIpc) is 3.13. The van der Waals surface area contributed by atoms with Gasteiger partial charge in [-0.1, -0.05) is 6.07 Å². The Morgan fingerprint density at radius 2 is 2.52 bits per heavy atom. The molecule has 2 aromatic rings. The highest BCUT2D eigenvalue weighted by Gasteiger charge is 2.22. The topological polar surface area (TPSA) is 57.4 Å². The molecule has 1 fully saturated rings. The van der Waals surface area contributed by atoms with Crippen molar-refractivity contribution < 1.29 is 21.9 Å². The number of alkyl carbamates (subject to hydrolysis) is 1. The monoisotopic (exact) mass is 296 g/mol. The smallest absolute Gasteiger partial charge is 0.407 e. The highest BCUT2D eigenvalue weighted by molar-refractivity contribution is 5.84. The Kier molecular flexibility index (Phi) is 1.88. The first-order valence-corrected chi connectivity index (χ1v) is 6.41. The number of aryl methyl sites for hydroxylation is 1. The maximum Gasteiger partial charge on any atom is 0.407 e. The number of fused-ring (bicyclic) bond motifs is 1. The minimum atomic E-state index is -2.87. The number of hydrogen-bond donors (Lipinski definition) is 2. The lowest BCUT2D eigenvalue weighted by Gasteiger charge is -2.09. The van der Waals surface area contributed by atoms with E-state index in [1.54, 1.807) is 18.2 Å². The summed E-state index contributed by atoms with van der Waals surface area (Å²) in [6.07, 6.45) is -2.22. The molecule has 112 valence electrons. The van der Waals surface area contributed by atoms with E-state index in [9.17, 15) is 4.79 Å². The molecule has 1 aliphatic rings. The number of ether oxygens (including phenoxy) is 1. The van der Waals surface area contributed by atoms with Gasteiger partial charge in [-0.15, -0.1) is 0 Å². The summed E-state index contributed by atoms with van der Waals surface area (Å²) in [4.78, 5) is 14.6. The maximum atomic E-state index is 11.4. The zero-order chi connectivity index (χ0) is 22.7. The fourth-order valence-electron chi connectivity index (χ4n) is 2.20. The van der Waals surface area contributed by atoms with E-state index in [1.807, 2.05) is 0 Å². The van der Waals surface area contributed by atoms with Crippen molar-refractivity contribution in [3.8, 4) is 0 Å². The molecule has 5 nitrogen and oxygen atoms in total. The third kappa shape index (κ3) is 3.19. The summed E-state index contributed by atoms with van der Waals surface area (Å²) < 4.78 is 75.6. The predicted octanol–water partition coefficient (Wildman–Crippen LogP) is 1.92. The number of carbonyl (C=O) groups excluding carboxylic acids is 1. The van der Waals surface area contributed by atoms with E-state index < -0.39 is 38.5 Å². The van der Waals surface area contributed by atoms with Gasteiger partial charge in [0.25, 0.3) is 0 Å². The summed E-state index contributed by atoms with van der Waals surface area (Å²) in [7, 11) is 0.996. The van der Waals surface area contributed by atoms with Crippen LogP contribution in [0.3, 0.4) is 0 Å². The van der Waals surface area contributed by atoms with E-state index in [-0.39, 0.29) is 12.0 Å². The van der Waals surface area contributed by atoms with Crippen LogP contribution in [-0.4, -0.2) is 49.1 Å². The Labute approximate surface area is 136 Å². The third-order valence-corrected chi connectivity index (χ3v) is 3.13. The molecule has 1 saturated heterocycles. The highest BCUT2D eigenvalue weighted by Crippen LogP contribution is 2.21. The van der Waals surface area contributed by atoms with Crippen molar-refractivity contribution in [2.24, 2.45) is 0 Å². The van der Waals surface area contributed by atoms with Crippen LogP contribution in [-0.2, 0) is 17.5 Å². The number of benzene rings is 1. The van der Waals surface area contributed by atoms with E-state index in [2.05, 4.69) is 15.0 Å². The second-order valence-electron chi connectivity index (χ2n) is 4.79. The molecule has 0 radical (unpaired) electrons. The van der Waals surface area contributed by atoms with E-state index in [0.717, 1.165) is 7.05 Å². The zero-order valence-corrected chi connectivity index (χ0v) is 11.4. The van der Waals surface area contributed by atoms with Crippen LogP contribution in [0.1, 0.15) is 23.5 Å². The van der Waals surface area contributed by atoms with Crippen LogP contribution < -0.4 is 5.32 Å². The molecule has 2 heterocycles. The molecule has 0 aliphatic carbocycles. The SMILES string of the molecule is [2H]C1([2H])OC(=O)N[C@H]1Cc1ccc2[nH]cc(C([2H])([2H])C([2H])([2H])N(C)C([2H])([2H])[2H])c2c1. The normalized spacial score (nSPS) is 29.0. The van der Waals surface area contributed by atoms with E-state index in [4.69, 9.17) is 12.3 Å². The summed E-state index contributed by atoms with van der Waals surface area (Å²) in [6, 6.07) is 3.91. The molecule has 0 spiro atoms. The number of aromatic nitrogens is 1.